The van der Waals surface area contributed by atoms with Crippen molar-refractivity contribution in [2.45, 2.75) is 83.9 Å². The number of aromatic nitrogens is 3. The quantitative estimate of drug-likeness (QED) is 0.337. The van der Waals surface area contributed by atoms with Crippen molar-refractivity contribution < 1.29 is 31.9 Å². The maximum atomic E-state index is 14.1. The molecule has 42 heavy (non-hydrogen) atoms. The first kappa shape index (κ1) is 29.2. The monoisotopic (exact) mass is 611 g/mol. The minimum absolute atomic E-state index is 0.0250. The molecular weight excluding hydrogens is 578 g/mol. The number of ether oxygens (including phenoxy) is 1. The van der Waals surface area contributed by atoms with Crippen LogP contribution in [0, 0.1) is 17.3 Å². The normalized spacial score (nSPS) is 25.0. The van der Waals surface area contributed by atoms with Crippen LogP contribution >= 0.6 is 11.6 Å². The van der Waals surface area contributed by atoms with E-state index in [0.29, 0.717) is 36.5 Å². The average Bonchev–Trinajstić information content (AvgIpc) is 3.42. The predicted octanol–water partition coefficient (Wildman–Crippen LogP) is 6.11. The number of alkyl halides is 4. The molecule has 2 aromatic rings. The molecule has 1 saturated heterocycles. The number of rotatable bonds is 8. The van der Waals surface area contributed by atoms with Crippen LogP contribution in [0.25, 0.3) is 0 Å². The Morgan fingerprint density at radius 3 is 2.60 bits per heavy atom. The van der Waals surface area contributed by atoms with Crippen LogP contribution in [0.4, 0.5) is 17.6 Å². The van der Waals surface area contributed by atoms with Crippen molar-refractivity contribution in [3.8, 4) is 5.75 Å². The summed E-state index contributed by atoms with van der Waals surface area (Å²) in [5.41, 5.74) is 0.121. The predicted molar refractivity (Wildman–Crippen MR) is 144 cm³/mol. The molecule has 2 aliphatic heterocycles. The molecule has 6 rings (SSSR count). The molecule has 0 radical (unpaired) electrons. The maximum absolute atomic E-state index is 14.1. The summed E-state index contributed by atoms with van der Waals surface area (Å²) in [4.78, 5) is 30.8. The van der Waals surface area contributed by atoms with Crippen molar-refractivity contribution in [2.24, 2.45) is 17.3 Å². The molecule has 1 aromatic carbocycles. The fourth-order valence-electron chi connectivity index (χ4n) is 7.00. The van der Waals surface area contributed by atoms with Crippen molar-refractivity contribution in [1.82, 2.24) is 24.8 Å². The van der Waals surface area contributed by atoms with Gasteiger partial charge in [-0.05, 0) is 61.1 Å². The molecule has 4 aliphatic rings. The molecule has 2 aliphatic carbocycles. The fourth-order valence-corrected chi connectivity index (χ4v) is 7.25. The topological polar surface area (TPSA) is 80.6 Å². The van der Waals surface area contributed by atoms with Crippen molar-refractivity contribution in [2.75, 3.05) is 19.6 Å². The highest BCUT2D eigenvalue weighted by Gasteiger charge is 2.52. The van der Waals surface area contributed by atoms with Gasteiger partial charge in [-0.2, -0.15) is 8.78 Å². The molecule has 1 aromatic heterocycles. The highest BCUT2D eigenvalue weighted by atomic mass is 35.5. The summed E-state index contributed by atoms with van der Waals surface area (Å²) in [6, 6.07) is 2.67. The summed E-state index contributed by atoms with van der Waals surface area (Å²) in [5.74, 6) is 0.475. The van der Waals surface area contributed by atoms with Gasteiger partial charge in [0.2, 0.25) is 11.8 Å². The Bertz CT molecular complexity index is 1370. The molecule has 2 saturated carbocycles. The SMILES string of the molecule is C[C@H]1CCCC[C@H]1C(=O)N1CCc2c(Cl)ccc(OCc3nn(C(F)F)nc3C(F)F)c2[C@H]1CN1CC2(CC2)CC1=O. The van der Waals surface area contributed by atoms with Crippen LogP contribution in [-0.2, 0) is 22.6 Å². The molecule has 0 unspecified atom stereocenters. The molecule has 1 spiro atoms. The molecule has 0 bridgehead atoms. The zero-order valence-electron chi connectivity index (χ0n) is 23.4. The van der Waals surface area contributed by atoms with Crippen molar-refractivity contribution in [3.63, 3.8) is 0 Å². The van der Waals surface area contributed by atoms with Crippen LogP contribution in [0.3, 0.4) is 0 Å². The Kier molecular flexibility index (Phi) is 7.86. The number of fused-ring (bicyclic) bond motifs is 1. The third-order valence-electron chi connectivity index (χ3n) is 9.51. The van der Waals surface area contributed by atoms with Crippen LogP contribution in [-0.4, -0.2) is 56.2 Å². The number of hydrogen-bond donors (Lipinski definition) is 0. The van der Waals surface area contributed by atoms with Gasteiger partial charge in [-0.3, -0.25) is 9.59 Å². The zero-order chi connectivity index (χ0) is 29.8. The molecule has 228 valence electrons. The first-order chi connectivity index (χ1) is 20.1. The minimum atomic E-state index is -3.18. The molecule has 3 heterocycles. The molecule has 3 fully saturated rings. The van der Waals surface area contributed by atoms with E-state index in [0.717, 1.165) is 44.1 Å². The number of likely N-dealkylation sites (tertiary alicyclic amines) is 1. The van der Waals surface area contributed by atoms with E-state index in [4.69, 9.17) is 16.3 Å². The van der Waals surface area contributed by atoms with Crippen LogP contribution in [0.5, 0.6) is 5.75 Å². The third kappa shape index (κ3) is 5.46. The summed E-state index contributed by atoms with van der Waals surface area (Å²) >= 11 is 6.65. The van der Waals surface area contributed by atoms with E-state index in [2.05, 4.69) is 17.1 Å². The Hall–Kier alpha value is -2.89. The number of halogens is 5. The Labute approximate surface area is 246 Å². The molecule has 3 atom stereocenters. The lowest BCUT2D eigenvalue weighted by Crippen LogP contribution is -2.49. The number of carbonyl (C=O) groups is 2. The number of nitrogens with zero attached hydrogens (tertiary/aromatic N) is 5. The van der Waals surface area contributed by atoms with E-state index in [1.54, 1.807) is 12.1 Å². The van der Waals surface area contributed by atoms with E-state index < -0.39 is 37.0 Å². The second-order valence-corrected chi connectivity index (χ2v) is 12.7. The second-order valence-electron chi connectivity index (χ2n) is 12.3. The van der Waals surface area contributed by atoms with Gasteiger partial charge in [0.1, 0.15) is 18.1 Å². The van der Waals surface area contributed by atoms with Gasteiger partial charge in [0, 0.05) is 42.6 Å². The molecule has 8 nitrogen and oxygen atoms in total. The van der Waals surface area contributed by atoms with Gasteiger partial charge in [-0.15, -0.1) is 15.0 Å². The lowest BCUT2D eigenvalue weighted by atomic mass is 9.78. The van der Waals surface area contributed by atoms with Crippen LogP contribution in [0.1, 0.15) is 93.4 Å². The van der Waals surface area contributed by atoms with Crippen LogP contribution in [0.15, 0.2) is 12.1 Å². The largest absolute Gasteiger partial charge is 0.487 e. The number of amides is 2. The van der Waals surface area contributed by atoms with Gasteiger partial charge in [-0.1, -0.05) is 31.4 Å². The zero-order valence-corrected chi connectivity index (χ0v) is 24.1. The first-order valence-corrected chi connectivity index (χ1v) is 15.0. The maximum Gasteiger partial charge on any atom is 0.348 e. The lowest BCUT2D eigenvalue weighted by molar-refractivity contribution is -0.143. The Morgan fingerprint density at radius 2 is 1.93 bits per heavy atom. The Balaban J connectivity index is 1.35. The fraction of sp³-hybridized carbons (Fsp3) is 0.655. The second kappa shape index (κ2) is 11.3. The number of carbonyl (C=O) groups excluding carboxylic acids is 2. The molecular formula is C29H34ClF4N5O3. The van der Waals surface area contributed by atoms with Gasteiger partial charge < -0.3 is 14.5 Å². The van der Waals surface area contributed by atoms with Crippen LogP contribution < -0.4 is 4.74 Å². The van der Waals surface area contributed by atoms with Gasteiger partial charge in [-0.25, -0.2) is 8.78 Å². The molecule has 0 N–H and O–H groups in total. The smallest absolute Gasteiger partial charge is 0.348 e. The van der Waals surface area contributed by atoms with Gasteiger partial charge >= 0.3 is 6.55 Å². The summed E-state index contributed by atoms with van der Waals surface area (Å²) in [5, 5.41) is 7.24. The van der Waals surface area contributed by atoms with Crippen molar-refractivity contribution in [1.29, 1.82) is 0 Å². The van der Waals surface area contributed by atoms with E-state index in [9.17, 15) is 27.2 Å². The van der Waals surface area contributed by atoms with Crippen molar-refractivity contribution in [3.05, 3.63) is 39.7 Å². The summed E-state index contributed by atoms with van der Waals surface area (Å²) in [6.45, 7) is -0.292. The van der Waals surface area contributed by atoms with Gasteiger partial charge in [0.25, 0.3) is 6.43 Å². The summed E-state index contributed by atoms with van der Waals surface area (Å²) < 4.78 is 59.5. The van der Waals surface area contributed by atoms with E-state index in [-0.39, 0.29) is 46.2 Å². The lowest BCUT2D eigenvalue weighted by Gasteiger charge is -2.43. The standard InChI is InChI=1S/C29H34ClF4N5O3/c1-16-4-2-3-5-17(16)27(41)38-11-8-18-19(30)6-7-22(42-14-20-25(26(31)32)36-39(35-20)28(33)34)24(18)21(38)13-37-15-29(9-10-29)12-23(37)40/h6-7,16-17,21,26,28H,2-5,8-15H2,1H3/t16-,17+,21+/m0/s1. The summed E-state index contributed by atoms with van der Waals surface area (Å²) in [7, 11) is 0. The van der Waals surface area contributed by atoms with Crippen LogP contribution in [0.2, 0.25) is 5.02 Å². The minimum Gasteiger partial charge on any atom is -0.487 e. The van der Waals surface area contributed by atoms with E-state index >= 15 is 0 Å². The van der Waals surface area contributed by atoms with E-state index in [1.165, 1.54) is 0 Å². The first-order valence-electron chi connectivity index (χ1n) is 14.6. The molecule has 2 amide bonds. The summed E-state index contributed by atoms with van der Waals surface area (Å²) in [6.07, 6.45) is 3.69. The highest BCUT2D eigenvalue weighted by molar-refractivity contribution is 6.31. The van der Waals surface area contributed by atoms with Gasteiger partial charge in [0.05, 0.1) is 6.04 Å². The number of benzene rings is 1. The average molecular weight is 612 g/mol. The third-order valence-corrected chi connectivity index (χ3v) is 9.87. The van der Waals surface area contributed by atoms with Crippen molar-refractivity contribution >= 4 is 23.4 Å². The highest BCUT2D eigenvalue weighted by Crippen LogP contribution is 2.54. The van der Waals surface area contributed by atoms with Gasteiger partial charge in [0.15, 0.2) is 5.69 Å². The number of hydrogen-bond acceptors (Lipinski definition) is 5. The Morgan fingerprint density at radius 1 is 1.17 bits per heavy atom. The van der Waals surface area contributed by atoms with E-state index in [1.807, 2.05) is 9.80 Å². The molecule has 13 heteroatoms.